The van der Waals surface area contributed by atoms with E-state index in [0.717, 1.165) is 12.2 Å². The van der Waals surface area contributed by atoms with Gasteiger partial charge in [0.1, 0.15) is 5.76 Å². The van der Waals surface area contributed by atoms with Gasteiger partial charge in [0, 0.05) is 12.7 Å². The molecule has 1 N–H and O–H groups in total. The first-order valence-corrected chi connectivity index (χ1v) is 4.56. The Morgan fingerprint density at radius 2 is 2.43 bits per heavy atom. The lowest BCUT2D eigenvalue weighted by Crippen LogP contribution is -2.08. The van der Waals surface area contributed by atoms with Crippen molar-refractivity contribution in [1.82, 2.24) is 9.78 Å². The molecule has 0 aromatic carbocycles. The van der Waals surface area contributed by atoms with Crippen molar-refractivity contribution in [1.29, 1.82) is 0 Å². The minimum atomic E-state index is -0.729. The number of aryl methyl sites for hydroxylation is 1. The summed E-state index contributed by atoms with van der Waals surface area (Å²) in [7, 11) is 0. The van der Waals surface area contributed by atoms with Gasteiger partial charge in [0.05, 0.1) is 12.0 Å². The molecule has 0 saturated carbocycles. The molecule has 4 nitrogen and oxygen atoms in total. The van der Waals surface area contributed by atoms with Gasteiger partial charge in [0.2, 0.25) is 0 Å². The molecule has 4 heteroatoms. The van der Waals surface area contributed by atoms with Crippen LogP contribution in [-0.2, 0) is 6.54 Å². The van der Waals surface area contributed by atoms with Gasteiger partial charge in [0.15, 0.2) is 6.10 Å². The van der Waals surface area contributed by atoms with E-state index in [1.54, 1.807) is 35.3 Å². The minimum absolute atomic E-state index is 0.542. The van der Waals surface area contributed by atoms with Crippen LogP contribution < -0.4 is 0 Å². The molecule has 74 valence electrons. The van der Waals surface area contributed by atoms with Crippen LogP contribution in [0.1, 0.15) is 24.5 Å². The van der Waals surface area contributed by atoms with Crippen molar-refractivity contribution in [2.24, 2.45) is 0 Å². The highest BCUT2D eigenvalue weighted by Crippen LogP contribution is 2.21. The maximum Gasteiger partial charge on any atom is 0.153 e. The number of furan rings is 1. The van der Waals surface area contributed by atoms with Crippen molar-refractivity contribution in [2.45, 2.75) is 19.6 Å². The van der Waals surface area contributed by atoms with Gasteiger partial charge in [-0.05, 0) is 25.1 Å². The van der Waals surface area contributed by atoms with Gasteiger partial charge in [-0.2, -0.15) is 5.10 Å². The summed E-state index contributed by atoms with van der Waals surface area (Å²) in [6.45, 7) is 2.71. The quantitative estimate of drug-likeness (QED) is 0.803. The third-order valence-corrected chi connectivity index (χ3v) is 2.14. The number of nitrogens with zero attached hydrogens (tertiary/aromatic N) is 2. The van der Waals surface area contributed by atoms with Gasteiger partial charge in [-0.25, -0.2) is 0 Å². The molecule has 2 aromatic heterocycles. The first-order chi connectivity index (χ1) is 6.83. The van der Waals surface area contributed by atoms with Crippen LogP contribution in [0.15, 0.2) is 35.1 Å². The summed E-state index contributed by atoms with van der Waals surface area (Å²) >= 11 is 0. The Hall–Kier alpha value is -1.55. The monoisotopic (exact) mass is 192 g/mol. The summed E-state index contributed by atoms with van der Waals surface area (Å²) in [5.74, 6) is 0.542. The molecular formula is C10H12N2O2. The molecule has 1 atom stereocenters. The standard InChI is InChI=1S/C10H12N2O2/c1-2-12-8(5-6-11-12)10(13)9-4-3-7-14-9/h3-7,10,13H,2H2,1H3. The van der Waals surface area contributed by atoms with Crippen molar-refractivity contribution in [3.63, 3.8) is 0 Å². The lowest BCUT2D eigenvalue weighted by Gasteiger charge is -2.09. The topological polar surface area (TPSA) is 51.2 Å². The average molecular weight is 192 g/mol. The number of aliphatic hydroxyl groups is 1. The maximum atomic E-state index is 9.93. The Bertz CT molecular complexity index is 392. The third-order valence-electron chi connectivity index (χ3n) is 2.14. The fourth-order valence-corrected chi connectivity index (χ4v) is 1.43. The third kappa shape index (κ3) is 1.44. The fourth-order valence-electron chi connectivity index (χ4n) is 1.43. The molecular weight excluding hydrogens is 180 g/mol. The molecule has 0 saturated heterocycles. The van der Waals surface area contributed by atoms with Gasteiger partial charge in [-0.1, -0.05) is 0 Å². The molecule has 0 spiro atoms. The summed E-state index contributed by atoms with van der Waals surface area (Å²) in [6.07, 6.45) is 2.49. The molecule has 2 heterocycles. The molecule has 0 aliphatic heterocycles. The summed E-state index contributed by atoms with van der Waals surface area (Å²) in [5.41, 5.74) is 0.752. The van der Waals surface area contributed by atoms with Gasteiger partial charge < -0.3 is 9.52 Å². The zero-order valence-corrected chi connectivity index (χ0v) is 7.92. The predicted octanol–water partition coefficient (Wildman–Crippen LogP) is 1.58. The van der Waals surface area contributed by atoms with E-state index in [-0.39, 0.29) is 0 Å². The van der Waals surface area contributed by atoms with Crippen LogP contribution in [-0.4, -0.2) is 14.9 Å². The minimum Gasteiger partial charge on any atom is -0.466 e. The second-order valence-corrected chi connectivity index (χ2v) is 2.99. The number of aliphatic hydroxyl groups excluding tert-OH is 1. The lowest BCUT2D eigenvalue weighted by atomic mass is 10.2. The predicted molar refractivity (Wildman–Crippen MR) is 50.7 cm³/mol. The Balaban J connectivity index is 2.31. The van der Waals surface area contributed by atoms with E-state index in [0.29, 0.717) is 5.76 Å². The van der Waals surface area contributed by atoms with Gasteiger partial charge in [-0.3, -0.25) is 4.68 Å². The smallest absolute Gasteiger partial charge is 0.153 e. The van der Waals surface area contributed by atoms with E-state index in [1.807, 2.05) is 6.92 Å². The van der Waals surface area contributed by atoms with Crippen LogP contribution in [0.5, 0.6) is 0 Å². The molecule has 0 fully saturated rings. The molecule has 1 unspecified atom stereocenters. The number of aromatic nitrogens is 2. The maximum absolute atomic E-state index is 9.93. The van der Waals surface area contributed by atoms with Crippen molar-refractivity contribution in [3.05, 3.63) is 42.1 Å². The fraction of sp³-hybridized carbons (Fsp3) is 0.300. The number of rotatable bonds is 3. The van der Waals surface area contributed by atoms with Crippen molar-refractivity contribution >= 4 is 0 Å². The van der Waals surface area contributed by atoms with Crippen LogP contribution in [0, 0.1) is 0 Å². The van der Waals surface area contributed by atoms with Crippen LogP contribution in [0.25, 0.3) is 0 Å². The average Bonchev–Trinajstić information content (AvgIpc) is 2.87. The van der Waals surface area contributed by atoms with Gasteiger partial charge in [0.25, 0.3) is 0 Å². The first kappa shape index (κ1) is 9.02. The first-order valence-electron chi connectivity index (χ1n) is 4.56. The van der Waals surface area contributed by atoms with Crippen LogP contribution in [0.3, 0.4) is 0 Å². The number of hydrogen-bond donors (Lipinski definition) is 1. The summed E-state index contributed by atoms with van der Waals surface area (Å²) in [4.78, 5) is 0. The lowest BCUT2D eigenvalue weighted by molar-refractivity contribution is 0.178. The van der Waals surface area contributed by atoms with Crippen LogP contribution in [0.2, 0.25) is 0 Å². The Kier molecular flexibility index (Phi) is 2.37. The second kappa shape index (κ2) is 3.67. The highest BCUT2D eigenvalue weighted by molar-refractivity contribution is 5.16. The Morgan fingerprint density at radius 3 is 3.07 bits per heavy atom. The second-order valence-electron chi connectivity index (χ2n) is 2.99. The van der Waals surface area contributed by atoms with E-state index in [4.69, 9.17) is 4.42 Å². The SMILES string of the molecule is CCn1nccc1C(O)c1ccco1. The molecule has 2 rings (SSSR count). The normalized spacial score (nSPS) is 13.0. The summed E-state index contributed by atoms with van der Waals surface area (Å²) in [6, 6.07) is 5.29. The molecule has 0 amide bonds. The Morgan fingerprint density at radius 1 is 1.57 bits per heavy atom. The van der Waals surface area contributed by atoms with E-state index >= 15 is 0 Å². The molecule has 2 aromatic rings. The highest BCUT2D eigenvalue weighted by atomic mass is 16.4. The molecule has 0 radical (unpaired) electrons. The summed E-state index contributed by atoms with van der Waals surface area (Å²) in [5, 5.41) is 14.0. The van der Waals surface area contributed by atoms with Crippen LogP contribution in [0.4, 0.5) is 0 Å². The molecule has 14 heavy (non-hydrogen) atoms. The molecule has 0 aliphatic rings. The number of hydrogen-bond acceptors (Lipinski definition) is 3. The molecule has 0 aliphatic carbocycles. The van der Waals surface area contributed by atoms with Gasteiger partial charge in [-0.15, -0.1) is 0 Å². The van der Waals surface area contributed by atoms with Crippen LogP contribution >= 0.6 is 0 Å². The van der Waals surface area contributed by atoms with Crippen molar-refractivity contribution in [3.8, 4) is 0 Å². The van der Waals surface area contributed by atoms with E-state index in [2.05, 4.69) is 5.10 Å². The van der Waals surface area contributed by atoms with Gasteiger partial charge >= 0.3 is 0 Å². The highest BCUT2D eigenvalue weighted by Gasteiger charge is 2.16. The van der Waals surface area contributed by atoms with Crippen molar-refractivity contribution < 1.29 is 9.52 Å². The zero-order chi connectivity index (χ0) is 9.97. The molecule has 0 bridgehead atoms. The van der Waals surface area contributed by atoms with E-state index < -0.39 is 6.10 Å². The largest absolute Gasteiger partial charge is 0.466 e. The van der Waals surface area contributed by atoms with Crippen molar-refractivity contribution in [2.75, 3.05) is 0 Å². The summed E-state index contributed by atoms with van der Waals surface area (Å²) < 4.78 is 6.87. The van der Waals surface area contributed by atoms with E-state index in [9.17, 15) is 5.11 Å². The zero-order valence-electron chi connectivity index (χ0n) is 7.92. The van der Waals surface area contributed by atoms with E-state index in [1.165, 1.54) is 0 Å². The Labute approximate surface area is 81.8 Å².